The molecule has 2 unspecified atom stereocenters. The highest BCUT2D eigenvalue weighted by atomic mass is 32.1. The normalized spacial score (nSPS) is 15.9. The number of alkyl halides is 3. The van der Waals surface area contributed by atoms with Crippen molar-refractivity contribution in [2.45, 2.75) is 38.0 Å². The van der Waals surface area contributed by atoms with E-state index < -0.39 is 28.9 Å². The zero-order chi connectivity index (χ0) is 21.6. The van der Waals surface area contributed by atoms with Gasteiger partial charge in [-0.15, -0.1) is 11.3 Å². The number of hydrogen-bond donors (Lipinski definition) is 1. The summed E-state index contributed by atoms with van der Waals surface area (Å²) < 4.78 is 62.7. The molecule has 3 rings (SSSR count). The Hall–Kier alpha value is -2.19. The van der Waals surface area contributed by atoms with E-state index in [-0.39, 0.29) is 16.2 Å². The summed E-state index contributed by atoms with van der Waals surface area (Å²) in [4.78, 5) is 3.70. The second-order valence-corrected chi connectivity index (χ2v) is 8.66. The molecule has 0 saturated carbocycles. The van der Waals surface area contributed by atoms with Crippen LogP contribution in [0.2, 0.25) is 0 Å². The smallest absolute Gasteiger partial charge is 0.422 e. The van der Waals surface area contributed by atoms with Gasteiger partial charge in [-0.1, -0.05) is 20.8 Å². The molecule has 1 aromatic carbocycles. The number of aliphatic hydroxyl groups is 1. The Bertz CT molecular complexity index is 998. The van der Waals surface area contributed by atoms with Crippen molar-refractivity contribution in [1.82, 2.24) is 4.98 Å². The van der Waals surface area contributed by atoms with Crippen LogP contribution in [0.4, 0.5) is 17.6 Å². The van der Waals surface area contributed by atoms with Crippen molar-refractivity contribution in [2.24, 2.45) is 5.92 Å². The highest BCUT2D eigenvalue weighted by molar-refractivity contribution is 7.19. The summed E-state index contributed by atoms with van der Waals surface area (Å²) in [5.74, 6) is -1.70. The first-order valence-corrected chi connectivity index (χ1v) is 9.71. The van der Waals surface area contributed by atoms with Crippen molar-refractivity contribution in [1.29, 1.82) is 0 Å². The van der Waals surface area contributed by atoms with Gasteiger partial charge in [-0.05, 0) is 41.1 Å². The molecule has 8 heteroatoms. The molecule has 0 spiro atoms. The lowest BCUT2D eigenvalue weighted by atomic mass is 9.65. The molecule has 2 aromatic heterocycles. The molecule has 3 aromatic rings. The number of pyridine rings is 1. The highest BCUT2D eigenvalue weighted by Crippen LogP contribution is 2.54. The lowest BCUT2D eigenvalue weighted by Crippen LogP contribution is -2.53. The molecule has 0 radical (unpaired) electrons. The third-order valence-electron chi connectivity index (χ3n) is 5.70. The second kappa shape index (κ2) is 7.25. The Kier molecular flexibility index (Phi) is 5.38. The number of rotatable bonds is 5. The van der Waals surface area contributed by atoms with E-state index in [1.807, 2.05) is 0 Å². The molecule has 0 bridgehead atoms. The molecule has 3 nitrogen and oxygen atoms in total. The zero-order valence-corrected chi connectivity index (χ0v) is 17.2. The Morgan fingerprint density at radius 1 is 1.14 bits per heavy atom. The van der Waals surface area contributed by atoms with E-state index in [1.54, 1.807) is 19.9 Å². The maximum atomic E-state index is 14.3. The summed E-state index contributed by atoms with van der Waals surface area (Å²) in [7, 11) is 1.37. The van der Waals surface area contributed by atoms with Crippen molar-refractivity contribution in [3.8, 4) is 5.75 Å². The van der Waals surface area contributed by atoms with Gasteiger partial charge in [0.1, 0.15) is 11.6 Å². The molecular weight excluding hydrogens is 406 g/mol. The lowest BCUT2D eigenvalue weighted by Gasteiger charge is -2.44. The van der Waals surface area contributed by atoms with E-state index in [4.69, 9.17) is 4.74 Å². The van der Waals surface area contributed by atoms with Crippen LogP contribution < -0.4 is 4.74 Å². The van der Waals surface area contributed by atoms with E-state index in [0.717, 1.165) is 17.4 Å². The number of fused-ring (bicyclic) bond motifs is 1. The number of benzene rings is 1. The van der Waals surface area contributed by atoms with Gasteiger partial charge in [-0.25, -0.2) is 4.39 Å². The van der Waals surface area contributed by atoms with Crippen LogP contribution in [-0.4, -0.2) is 23.4 Å². The van der Waals surface area contributed by atoms with Crippen molar-refractivity contribution >= 4 is 21.4 Å². The number of halogens is 4. The van der Waals surface area contributed by atoms with Gasteiger partial charge in [0.25, 0.3) is 0 Å². The summed E-state index contributed by atoms with van der Waals surface area (Å²) >= 11 is 0.846. The Labute approximate surface area is 170 Å². The van der Waals surface area contributed by atoms with Crippen LogP contribution in [0.1, 0.15) is 31.2 Å². The minimum absolute atomic E-state index is 0.232. The van der Waals surface area contributed by atoms with Gasteiger partial charge in [0.05, 0.1) is 11.8 Å². The first-order chi connectivity index (χ1) is 13.4. The predicted octanol–water partition coefficient (Wildman–Crippen LogP) is 5.81. The monoisotopic (exact) mass is 427 g/mol. The van der Waals surface area contributed by atoms with Crippen LogP contribution in [0.15, 0.2) is 42.7 Å². The lowest BCUT2D eigenvalue weighted by molar-refractivity contribution is -0.290. The first-order valence-electron chi connectivity index (χ1n) is 8.90. The fourth-order valence-corrected chi connectivity index (χ4v) is 4.84. The number of hydrogen-bond acceptors (Lipinski definition) is 4. The van der Waals surface area contributed by atoms with Crippen LogP contribution in [0.25, 0.3) is 10.1 Å². The third kappa shape index (κ3) is 3.48. The summed E-state index contributed by atoms with van der Waals surface area (Å²) in [6.45, 7) is 4.40. The highest BCUT2D eigenvalue weighted by Gasteiger charge is 2.62. The van der Waals surface area contributed by atoms with Crippen LogP contribution >= 0.6 is 11.3 Å². The van der Waals surface area contributed by atoms with Gasteiger partial charge in [0.2, 0.25) is 0 Å². The number of ether oxygens (including phenoxy) is 1. The molecule has 156 valence electrons. The molecule has 2 atom stereocenters. The van der Waals surface area contributed by atoms with Crippen LogP contribution in [0.3, 0.4) is 0 Å². The molecule has 0 amide bonds. The number of thiophene rings is 1. The summed E-state index contributed by atoms with van der Waals surface area (Å²) in [5, 5.41) is 11.7. The maximum absolute atomic E-state index is 14.3. The second-order valence-electron chi connectivity index (χ2n) is 7.58. The van der Waals surface area contributed by atoms with E-state index in [9.17, 15) is 22.7 Å². The third-order valence-corrected chi connectivity index (χ3v) is 6.91. The molecule has 2 heterocycles. The van der Waals surface area contributed by atoms with E-state index in [1.165, 1.54) is 44.6 Å². The van der Waals surface area contributed by atoms with E-state index in [2.05, 4.69) is 4.98 Å². The van der Waals surface area contributed by atoms with Gasteiger partial charge in [0.15, 0.2) is 5.60 Å². The van der Waals surface area contributed by atoms with Crippen molar-refractivity contribution in [3.05, 3.63) is 59.0 Å². The molecule has 0 aliphatic rings. The summed E-state index contributed by atoms with van der Waals surface area (Å²) in [5.41, 5.74) is -4.19. The van der Waals surface area contributed by atoms with Gasteiger partial charge in [0, 0.05) is 28.8 Å². The molecule has 0 aliphatic heterocycles. The average Bonchev–Trinajstić information content (AvgIpc) is 3.10. The minimum atomic E-state index is -4.96. The van der Waals surface area contributed by atoms with Crippen molar-refractivity contribution in [2.75, 3.05) is 7.11 Å². The van der Waals surface area contributed by atoms with Crippen LogP contribution in [0.5, 0.6) is 5.75 Å². The molecule has 29 heavy (non-hydrogen) atoms. The zero-order valence-electron chi connectivity index (χ0n) is 16.3. The first kappa shape index (κ1) is 21.5. The van der Waals surface area contributed by atoms with Gasteiger partial charge in [-0.2, -0.15) is 13.2 Å². The Balaban J connectivity index is 2.20. The fraction of sp³-hybridized carbons (Fsp3) is 0.381. The van der Waals surface area contributed by atoms with Crippen LogP contribution in [-0.2, 0) is 11.0 Å². The molecule has 0 aliphatic carbocycles. The van der Waals surface area contributed by atoms with Crippen molar-refractivity contribution < 1.29 is 27.4 Å². The SMILES string of the molecule is COc1ccc(F)cc1C(C)(C)C(C)C(O)(c1cc2ccncc2s1)C(F)(F)F. The topological polar surface area (TPSA) is 42.4 Å². The minimum Gasteiger partial charge on any atom is -0.496 e. The van der Waals surface area contributed by atoms with E-state index >= 15 is 0 Å². The molecule has 0 fully saturated rings. The summed E-state index contributed by atoms with van der Waals surface area (Å²) in [6, 6.07) is 6.64. The number of methoxy groups -OCH3 is 1. The van der Waals surface area contributed by atoms with E-state index in [0.29, 0.717) is 10.1 Å². The standard InChI is InChI=1S/C21H21F4NO2S/c1-12(19(2,3)15-10-14(22)5-6-16(15)28-4)20(27,21(23,24)25)18-9-13-7-8-26-11-17(13)29-18/h5-12,27H,1-4H3. The molecule has 0 saturated heterocycles. The largest absolute Gasteiger partial charge is 0.496 e. The van der Waals surface area contributed by atoms with Gasteiger partial charge in [-0.3, -0.25) is 4.98 Å². The fourth-order valence-electron chi connectivity index (χ4n) is 3.61. The Morgan fingerprint density at radius 3 is 2.41 bits per heavy atom. The summed E-state index contributed by atoms with van der Waals surface area (Å²) in [6.07, 6.45) is -2.01. The average molecular weight is 427 g/mol. The number of nitrogens with zero attached hydrogens (tertiary/aromatic N) is 1. The predicted molar refractivity (Wildman–Crippen MR) is 105 cm³/mol. The number of aromatic nitrogens is 1. The van der Waals surface area contributed by atoms with Gasteiger partial charge >= 0.3 is 6.18 Å². The Morgan fingerprint density at radius 2 is 1.83 bits per heavy atom. The van der Waals surface area contributed by atoms with Crippen LogP contribution in [0, 0.1) is 11.7 Å². The quantitative estimate of drug-likeness (QED) is 0.523. The maximum Gasteiger partial charge on any atom is 0.422 e. The van der Waals surface area contributed by atoms with Crippen molar-refractivity contribution in [3.63, 3.8) is 0 Å². The molecule has 1 N–H and O–H groups in total. The molecular formula is C21H21F4NO2S. The van der Waals surface area contributed by atoms with Gasteiger partial charge < -0.3 is 9.84 Å².